The Morgan fingerprint density at radius 3 is 2.60 bits per heavy atom. The molecular formula is C30H36FN7O4. The highest BCUT2D eigenvalue weighted by molar-refractivity contribution is 6.26. The number of piperazine rings is 1. The minimum Gasteiger partial charge on any atom is -0.492 e. The van der Waals surface area contributed by atoms with Gasteiger partial charge in [0.2, 0.25) is 0 Å². The lowest BCUT2D eigenvalue weighted by Gasteiger charge is -2.36. The van der Waals surface area contributed by atoms with Crippen molar-refractivity contribution in [3.63, 3.8) is 0 Å². The number of hydrogen-bond acceptors (Lipinski definition) is 8. The number of fused-ring (bicyclic) bond motifs is 3. The number of urea groups is 1. The summed E-state index contributed by atoms with van der Waals surface area (Å²) in [5.41, 5.74) is 5.28. The summed E-state index contributed by atoms with van der Waals surface area (Å²) < 4.78 is 26.5. The largest absolute Gasteiger partial charge is 0.492 e. The van der Waals surface area contributed by atoms with Crippen molar-refractivity contribution in [2.24, 2.45) is 0 Å². The highest BCUT2D eigenvalue weighted by Gasteiger charge is 2.36. The van der Waals surface area contributed by atoms with Gasteiger partial charge in [0.15, 0.2) is 5.78 Å². The molecule has 0 radical (unpaired) electrons. The number of carbonyl (C=O) groups excluding carboxylic acids is 2. The molecule has 2 fully saturated rings. The van der Waals surface area contributed by atoms with Gasteiger partial charge < -0.3 is 14.8 Å². The molecule has 3 N–H and O–H groups in total. The van der Waals surface area contributed by atoms with Crippen LogP contribution in [0.15, 0.2) is 36.4 Å². The maximum absolute atomic E-state index is 15.4. The molecule has 2 aromatic carbocycles. The topological polar surface area (TPSA) is 115 Å². The number of morpholine rings is 1. The third-order valence-corrected chi connectivity index (χ3v) is 8.08. The molecule has 0 bridgehead atoms. The van der Waals surface area contributed by atoms with Crippen molar-refractivity contribution in [1.82, 2.24) is 30.4 Å². The Balaban J connectivity index is 1.12. The van der Waals surface area contributed by atoms with Gasteiger partial charge in [0.05, 0.1) is 35.7 Å². The Kier molecular flexibility index (Phi) is 8.20. The molecule has 0 spiro atoms. The molecule has 0 atom stereocenters. The molecule has 2 aliphatic heterocycles. The van der Waals surface area contributed by atoms with Crippen LogP contribution in [-0.2, 0) is 4.74 Å². The van der Waals surface area contributed by atoms with E-state index in [-0.39, 0.29) is 16.9 Å². The van der Waals surface area contributed by atoms with Crippen LogP contribution in [0.3, 0.4) is 0 Å². The van der Waals surface area contributed by atoms with Crippen molar-refractivity contribution < 1.29 is 23.5 Å². The average Bonchev–Trinajstić information content (AvgIpc) is 3.54. The maximum atomic E-state index is 15.4. The van der Waals surface area contributed by atoms with Crippen molar-refractivity contribution in [2.45, 2.75) is 19.9 Å². The number of anilines is 1. The molecule has 2 saturated heterocycles. The minimum absolute atomic E-state index is 0.224. The van der Waals surface area contributed by atoms with E-state index in [4.69, 9.17) is 9.47 Å². The van der Waals surface area contributed by atoms with Gasteiger partial charge in [-0.3, -0.25) is 25.1 Å². The number of carbonyl (C=O) groups is 2. The van der Waals surface area contributed by atoms with E-state index >= 15 is 4.39 Å². The summed E-state index contributed by atoms with van der Waals surface area (Å²) in [7, 11) is 0. The number of aromatic nitrogens is 2. The molecule has 12 heteroatoms. The number of hydrazine groups is 1. The molecule has 1 aliphatic carbocycles. The third kappa shape index (κ3) is 5.75. The van der Waals surface area contributed by atoms with E-state index in [9.17, 15) is 9.59 Å². The Bertz CT molecular complexity index is 1460. The van der Waals surface area contributed by atoms with Crippen LogP contribution >= 0.6 is 0 Å². The van der Waals surface area contributed by atoms with Gasteiger partial charge >= 0.3 is 6.03 Å². The first-order valence-electron chi connectivity index (χ1n) is 14.4. The lowest BCUT2D eigenvalue weighted by atomic mass is 10.0. The Morgan fingerprint density at radius 1 is 1.07 bits per heavy atom. The van der Waals surface area contributed by atoms with E-state index in [1.54, 1.807) is 35.3 Å². The number of rotatable bonds is 8. The number of H-pyrrole nitrogens is 1. The molecule has 1 aromatic heterocycles. The van der Waals surface area contributed by atoms with E-state index in [0.717, 1.165) is 32.7 Å². The number of amides is 2. The zero-order valence-electron chi connectivity index (χ0n) is 23.9. The number of hydrogen-bond donors (Lipinski definition) is 3. The van der Waals surface area contributed by atoms with Gasteiger partial charge in [-0.1, -0.05) is 12.1 Å². The molecule has 2 amide bonds. The van der Waals surface area contributed by atoms with Gasteiger partial charge in [-0.25, -0.2) is 14.2 Å². The molecule has 222 valence electrons. The van der Waals surface area contributed by atoms with Crippen LogP contribution in [-0.4, -0.2) is 108 Å². The second-order valence-electron chi connectivity index (χ2n) is 11.0. The van der Waals surface area contributed by atoms with Crippen LogP contribution in [0.2, 0.25) is 0 Å². The molecule has 42 heavy (non-hydrogen) atoms. The molecule has 3 aromatic rings. The predicted octanol–water partition coefficient (Wildman–Crippen LogP) is 3.20. The zero-order valence-corrected chi connectivity index (χ0v) is 23.9. The Hall–Kier alpha value is -3.84. The fourth-order valence-corrected chi connectivity index (χ4v) is 5.73. The summed E-state index contributed by atoms with van der Waals surface area (Å²) in [6.07, 6.45) is 0. The van der Waals surface area contributed by atoms with E-state index in [1.807, 2.05) is 0 Å². The van der Waals surface area contributed by atoms with E-state index in [2.05, 4.69) is 44.6 Å². The lowest BCUT2D eigenvalue weighted by molar-refractivity contribution is 0.0207. The van der Waals surface area contributed by atoms with Gasteiger partial charge in [0.25, 0.3) is 0 Å². The van der Waals surface area contributed by atoms with Gasteiger partial charge in [0.1, 0.15) is 23.9 Å². The number of halogens is 1. The minimum atomic E-state index is -0.517. The quantitative estimate of drug-likeness (QED) is 0.293. The van der Waals surface area contributed by atoms with Gasteiger partial charge in [0, 0.05) is 69.0 Å². The monoisotopic (exact) mass is 577 g/mol. The molecule has 0 unspecified atom stereocenters. The number of nitrogens with zero attached hydrogens (tertiary/aromatic N) is 4. The Labute approximate surface area is 243 Å². The zero-order chi connectivity index (χ0) is 29.2. The normalized spacial score (nSPS) is 17.8. The number of ketones is 1. The van der Waals surface area contributed by atoms with E-state index in [1.165, 1.54) is 6.07 Å². The summed E-state index contributed by atoms with van der Waals surface area (Å²) in [6.45, 7) is 11.9. The summed E-state index contributed by atoms with van der Waals surface area (Å²) in [4.78, 5) is 31.1. The van der Waals surface area contributed by atoms with Crippen molar-refractivity contribution in [3.8, 4) is 28.3 Å². The van der Waals surface area contributed by atoms with Crippen molar-refractivity contribution >= 4 is 17.5 Å². The number of benzene rings is 2. The Morgan fingerprint density at radius 2 is 1.86 bits per heavy atom. The fraction of sp³-hybridized carbons (Fsp3) is 0.433. The average molecular weight is 578 g/mol. The number of aromatic amines is 1. The second-order valence-corrected chi connectivity index (χ2v) is 11.0. The van der Waals surface area contributed by atoms with Gasteiger partial charge in [-0.2, -0.15) is 5.10 Å². The number of ether oxygens (including phenoxy) is 2. The van der Waals surface area contributed by atoms with Crippen molar-refractivity contribution in [2.75, 3.05) is 71.0 Å². The smallest absolute Gasteiger partial charge is 0.333 e. The summed E-state index contributed by atoms with van der Waals surface area (Å²) in [6, 6.07) is 9.93. The summed E-state index contributed by atoms with van der Waals surface area (Å²) in [5.74, 6) is -0.416. The van der Waals surface area contributed by atoms with Gasteiger partial charge in [-0.05, 0) is 32.0 Å². The highest BCUT2D eigenvalue weighted by Crippen LogP contribution is 2.43. The van der Waals surface area contributed by atoms with E-state index < -0.39 is 11.8 Å². The molecule has 3 aliphatic rings. The summed E-state index contributed by atoms with van der Waals surface area (Å²) in [5, 5.41) is 11.8. The van der Waals surface area contributed by atoms with Crippen LogP contribution in [0.5, 0.6) is 5.75 Å². The van der Waals surface area contributed by atoms with Crippen LogP contribution in [0.4, 0.5) is 14.9 Å². The van der Waals surface area contributed by atoms with Crippen LogP contribution < -0.4 is 15.5 Å². The van der Waals surface area contributed by atoms with Gasteiger partial charge in [-0.15, -0.1) is 0 Å². The SMILES string of the molecule is CC(C)N1CCN(CCOc2ccc(-c3[nH]nc4c3C(=O)c3c(NC(=O)NN5CCOCC5)cccc3-4)c(F)c2)CC1. The summed E-state index contributed by atoms with van der Waals surface area (Å²) >= 11 is 0. The molecule has 11 nitrogen and oxygen atoms in total. The van der Waals surface area contributed by atoms with Crippen molar-refractivity contribution in [1.29, 1.82) is 0 Å². The van der Waals surface area contributed by atoms with Crippen molar-refractivity contribution in [3.05, 3.63) is 53.3 Å². The predicted molar refractivity (Wildman–Crippen MR) is 156 cm³/mol. The van der Waals surface area contributed by atoms with Crippen LogP contribution in [0.1, 0.15) is 29.8 Å². The first-order valence-corrected chi connectivity index (χ1v) is 14.4. The molecular weight excluding hydrogens is 541 g/mol. The molecule has 3 heterocycles. The van der Waals surface area contributed by atoms with Crippen LogP contribution in [0.25, 0.3) is 22.5 Å². The first kappa shape index (κ1) is 28.3. The lowest BCUT2D eigenvalue weighted by Crippen LogP contribution is -2.49. The standard InChI is InChI=1S/C30H36FN7O4/c1-19(2)37-10-8-36(9-11-37)12-17-42-20-6-7-21(23(31)18-20)27-26-28(34-33-27)22-4-3-5-24(25(22)29(26)39)32-30(40)35-38-13-15-41-16-14-38/h3-7,18-19H,8-17H2,1-2H3,(H,33,34)(H2,32,35,40). The van der Waals surface area contributed by atoms with E-state index in [0.29, 0.717) is 72.9 Å². The third-order valence-electron chi connectivity index (χ3n) is 8.08. The second kappa shape index (κ2) is 12.2. The highest BCUT2D eigenvalue weighted by atomic mass is 19.1. The number of nitrogens with one attached hydrogen (secondary N) is 3. The first-order chi connectivity index (χ1) is 20.4. The molecule has 6 rings (SSSR count). The molecule has 0 saturated carbocycles. The fourth-order valence-electron chi connectivity index (χ4n) is 5.73. The maximum Gasteiger partial charge on any atom is 0.333 e. The van der Waals surface area contributed by atoms with Crippen LogP contribution in [0, 0.1) is 5.82 Å².